The van der Waals surface area contributed by atoms with Gasteiger partial charge in [0.1, 0.15) is 15.8 Å². The zero-order valence-corrected chi connectivity index (χ0v) is 23.1. The van der Waals surface area contributed by atoms with E-state index in [1.807, 2.05) is 31.3 Å². The topological polar surface area (TPSA) is 61.2 Å². The number of fused-ring (bicyclic) bond motifs is 1. The molecule has 2 aliphatic heterocycles. The third kappa shape index (κ3) is 4.90. The maximum absolute atomic E-state index is 13.8. The van der Waals surface area contributed by atoms with Crippen molar-refractivity contribution in [1.82, 2.24) is 19.2 Å². The van der Waals surface area contributed by atoms with E-state index in [1.165, 1.54) is 17.3 Å². The monoisotopic (exact) mass is 545 g/mol. The second kappa shape index (κ2) is 10.6. The van der Waals surface area contributed by atoms with Crippen LogP contribution >= 0.6 is 24.0 Å². The van der Waals surface area contributed by atoms with Crippen molar-refractivity contribution in [2.75, 3.05) is 31.1 Å². The number of thioether (sulfide) groups is 1. The number of anilines is 1. The molecule has 0 unspecified atom stereocenters. The summed E-state index contributed by atoms with van der Waals surface area (Å²) in [4.78, 5) is 39.1. The first-order chi connectivity index (χ1) is 18.5. The third-order valence-electron chi connectivity index (χ3n) is 7.70. The van der Waals surface area contributed by atoms with E-state index in [-0.39, 0.29) is 17.5 Å². The van der Waals surface area contributed by atoms with Crippen molar-refractivity contribution in [3.8, 4) is 0 Å². The predicted molar refractivity (Wildman–Crippen MR) is 157 cm³/mol. The first kappa shape index (κ1) is 25.3. The first-order valence-corrected chi connectivity index (χ1v) is 14.5. The van der Waals surface area contributed by atoms with Gasteiger partial charge < -0.3 is 4.90 Å². The molecule has 0 bridgehead atoms. The van der Waals surface area contributed by atoms with Crippen molar-refractivity contribution in [2.45, 2.75) is 45.2 Å². The molecule has 0 spiro atoms. The molecule has 7 nitrogen and oxygen atoms in total. The van der Waals surface area contributed by atoms with Crippen LogP contribution in [0.2, 0.25) is 0 Å². The highest BCUT2D eigenvalue weighted by Crippen LogP contribution is 2.38. The van der Waals surface area contributed by atoms with Crippen LogP contribution in [0.25, 0.3) is 11.7 Å². The van der Waals surface area contributed by atoms with Gasteiger partial charge in [-0.25, -0.2) is 4.98 Å². The van der Waals surface area contributed by atoms with Crippen molar-refractivity contribution in [3.05, 3.63) is 80.6 Å². The minimum atomic E-state index is -0.161. The highest BCUT2D eigenvalue weighted by molar-refractivity contribution is 8.26. The van der Waals surface area contributed by atoms with Gasteiger partial charge in [0, 0.05) is 45.0 Å². The zero-order valence-electron chi connectivity index (χ0n) is 21.5. The molecule has 1 aromatic carbocycles. The van der Waals surface area contributed by atoms with Crippen LogP contribution in [0.3, 0.4) is 0 Å². The average molecular weight is 546 g/mol. The first-order valence-electron chi connectivity index (χ1n) is 13.3. The molecule has 0 atom stereocenters. The fourth-order valence-electron chi connectivity index (χ4n) is 5.66. The lowest BCUT2D eigenvalue weighted by Gasteiger charge is -2.36. The average Bonchev–Trinajstić information content (AvgIpc) is 3.54. The Hall–Kier alpha value is -3.01. The van der Waals surface area contributed by atoms with Gasteiger partial charge in [0.2, 0.25) is 0 Å². The van der Waals surface area contributed by atoms with E-state index in [1.54, 1.807) is 15.4 Å². The summed E-state index contributed by atoms with van der Waals surface area (Å²) in [6, 6.07) is 14.5. The maximum Gasteiger partial charge on any atom is 0.267 e. The molecule has 4 heterocycles. The molecule has 1 aliphatic carbocycles. The molecule has 6 rings (SSSR count). The van der Waals surface area contributed by atoms with E-state index >= 15 is 0 Å². The van der Waals surface area contributed by atoms with Crippen LogP contribution in [0.15, 0.2) is 58.4 Å². The van der Waals surface area contributed by atoms with Crippen molar-refractivity contribution in [3.63, 3.8) is 0 Å². The van der Waals surface area contributed by atoms with Gasteiger partial charge in [0.15, 0.2) is 0 Å². The second-order valence-electron chi connectivity index (χ2n) is 10.3. The summed E-state index contributed by atoms with van der Waals surface area (Å²) in [5, 5.41) is 0. The fraction of sp³-hybridized carbons (Fsp3) is 0.379. The Morgan fingerprint density at radius 2 is 1.76 bits per heavy atom. The number of amides is 1. The summed E-state index contributed by atoms with van der Waals surface area (Å²) in [7, 11) is 0. The number of aryl methyl sites for hydroxylation is 1. The lowest BCUT2D eigenvalue weighted by atomic mass is 10.1. The van der Waals surface area contributed by atoms with Gasteiger partial charge in [-0.1, -0.05) is 73.2 Å². The molecule has 3 aliphatic rings. The molecular weight excluding hydrogens is 514 g/mol. The van der Waals surface area contributed by atoms with E-state index in [0.717, 1.165) is 64.0 Å². The van der Waals surface area contributed by atoms with E-state index in [4.69, 9.17) is 17.2 Å². The van der Waals surface area contributed by atoms with Crippen LogP contribution in [-0.2, 0) is 11.3 Å². The second-order valence-corrected chi connectivity index (χ2v) is 12.0. The third-order valence-corrected chi connectivity index (χ3v) is 9.03. The lowest BCUT2D eigenvalue weighted by molar-refractivity contribution is -0.123. The summed E-state index contributed by atoms with van der Waals surface area (Å²) < 4.78 is 2.18. The van der Waals surface area contributed by atoms with Crippen LogP contribution in [0.5, 0.6) is 0 Å². The number of pyridine rings is 1. The molecule has 3 aromatic rings. The van der Waals surface area contributed by atoms with Crippen molar-refractivity contribution in [2.24, 2.45) is 0 Å². The van der Waals surface area contributed by atoms with Gasteiger partial charge in [-0.2, -0.15) is 0 Å². The van der Waals surface area contributed by atoms with Gasteiger partial charge in [0.05, 0.1) is 10.5 Å². The van der Waals surface area contributed by atoms with Gasteiger partial charge in [-0.15, -0.1) is 0 Å². The molecule has 2 saturated heterocycles. The van der Waals surface area contributed by atoms with E-state index < -0.39 is 0 Å². The Bertz CT molecular complexity index is 1470. The molecule has 9 heteroatoms. The molecular formula is C29H31N5O2S2. The quantitative estimate of drug-likeness (QED) is 0.346. The van der Waals surface area contributed by atoms with Gasteiger partial charge in [0.25, 0.3) is 11.5 Å². The lowest BCUT2D eigenvalue weighted by Crippen LogP contribution is -2.47. The SMILES string of the molecule is Cc1ccc2nc(N3CCN(Cc4ccccc4)CC3)c(C=C3SC(=S)N(C4CCCC4)C3=O)c(=O)n2c1. The Morgan fingerprint density at radius 1 is 1.03 bits per heavy atom. The van der Waals surface area contributed by atoms with E-state index in [0.29, 0.717) is 26.3 Å². The zero-order chi connectivity index (χ0) is 26.2. The molecule has 38 heavy (non-hydrogen) atoms. The summed E-state index contributed by atoms with van der Waals surface area (Å²) in [5.74, 6) is 0.559. The number of hydrogen-bond acceptors (Lipinski definition) is 7. The summed E-state index contributed by atoms with van der Waals surface area (Å²) in [6.45, 7) is 6.10. The smallest absolute Gasteiger partial charge is 0.267 e. The maximum atomic E-state index is 13.8. The van der Waals surface area contributed by atoms with Crippen LogP contribution in [0.4, 0.5) is 5.82 Å². The molecule has 1 amide bonds. The molecule has 3 fully saturated rings. The van der Waals surface area contributed by atoms with Crippen LogP contribution in [0, 0.1) is 6.92 Å². The largest absolute Gasteiger partial charge is 0.353 e. The Kier molecular flexibility index (Phi) is 7.07. The Labute approximate surface area is 232 Å². The number of benzene rings is 1. The normalized spacial score (nSPS) is 20.4. The van der Waals surface area contributed by atoms with Crippen molar-refractivity contribution in [1.29, 1.82) is 0 Å². The highest BCUT2D eigenvalue weighted by Gasteiger charge is 2.38. The standard InChI is InChI=1S/C29H31N5O2S2/c1-20-11-12-25-30-26(32-15-13-31(14-16-32)19-21-7-3-2-4-8-21)23(27(35)33(25)18-20)17-24-28(36)34(29(37)38-24)22-9-5-6-10-22/h2-4,7-8,11-12,17-18,22H,5-6,9-10,13-16,19H2,1H3. The van der Waals surface area contributed by atoms with Crippen LogP contribution < -0.4 is 10.5 Å². The number of rotatable bonds is 5. The predicted octanol–water partition coefficient (Wildman–Crippen LogP) is 4.47. The van der Waals surface area contributed by atoms with Crippen molar-refractivity contribution < 1.29 is 4.79 Å². The van der Waals surface area contributed by atoms with Gasteiger partial charge in [-0.05, 0) is 43.0 Å². The minimum absolute atomic E-state index is 0.0840. The Balaban J connectivity index is 1.33. The number of nitrogens with zero attached hydrogens (tertiary/aromatic N) is 5. The van der Waals surface area contributed by atoms with Crippen LogP contribution in [0.1, 0.15) is 42.4 Å². The van der Waals surface area contributed by atoms with Gasteiger partial charge >= 0.3 is 0 Å². The number of carbonyl (C=O) groups is 1. The molecule has 196 valence electrons. The number of aromatic nitrogens is 2. The van der Waals surface area contributed by atoms with Gasteiger partial charge in [-0.3, -0.25) is 23.8 Å². The Morgan fingerprint density at radius 3 is 2.50 bits per heavy atom. The van der Waals surface area contributed by atoms with Crippen molar-refractivity contribution >= 4 is 51.7 Å². The molecule has 1 saturated carbocycles. The number of thiocarbonyl (C=S) groups is 1. The number of hydrogen-bond donors (Lipinski definition) is 0. The molecule has 0 radical (unpaired) electrons. The number of carbonyl (C=O) groups excluding carboxylic acids is 1. The van der Waals surface area contributed by atoms with E-state index in [2.05, 4.69) is 34.1 Å². The van der Waals surface area contributed by atoms with E-state index in [9.17, 15) is 9.59 Å². The van der Waals surface area contributed by atoms with Crippen LogP contribution in [-0.4, -0.2) is 61.6 Å². The number of piperazine rings is 1. The molecule has 0 N–H and O–H groups in total. The summed E-state index contributed by atoms with van der Waals surface area (Å²) >= 11 is 6.92. The summed E-state index contributed by atoms with van der Waals surface area (Å²) in [6.07, 6.45) is 7.76. The summed E-state index contributed by atoms with van der Waals surface area (Å²) in [5.41, 5.74) is 3.17. The minimum Gasteiger partial charge on any atom is -0.353 e. The molecule has 2 aromatic heterocycles. The highest BCUT2D eigenvalue weighted by atomic mass is 32.2. The fourth-order valence-corrected chi connectivity index (χ4v) is 7.04.